The first kappa shape index (κ1) is 29.1. The minimum Gasteiger partial charge on any atom is -0.507 e. The van der Waals surface area contributed by atoms with Gasteiger partial charge in [0.05, 0.1) is 18.9 Å². The van der Waals surface area contributed by atoms with Crippen molar-refractivity contribution in [1.82, 2.24) is 4.98 Å². The number of benzene rings is 2. The van der Waals surface area contributed by atoms with Crippen molar-refractivity contribution in [3.8, 4) is 28.7 Å². The van der Waals surface area contributed by atoms with Gasteiger partial charge < -0.3 is 23.7 Å². The fourth-order valence-corrected chi connectivity index (χ4v) is 3.97. The van der Waals surface area contributed by atoms with Gasteiger partial charge in [-0.2, -0.15) is 0 Å². The predicted octanol–water partition coefficient (Wildman–Crippen LogP) is 6.98. The van der Waals surface area contributed by atoms with Crippen LogP contribution in [-0.4, -0.2) is 34.9 Å². The van der Waals surface area contributed by atoms with Gasteiger partial charge in [-0.05, 0) is 68.0 Å². The lowest BCUT2D eigenvalue weighted by Gasteiger charge is -2.27. The summed E-state index contributed by atoms with van der Waals surface area (Å²) in [5.41, 5.74) is 1.78. The number of nitrogens with zero attached hydrogens (tertiary/aromatic N) is 1. The average molecular weight is 524 g/mol. The number of phenols is 1. The topological polar surface area (TPSA) is 91.0 Å². The second-order valence-corrected chi connectivity index (χ2v) is 12.0. The van der Waals surface area contributed by atoms with Crippen molar-refractivity contribution in [2.24, 2.45) is 0 Å². The zero-order valence-corrected chi connectivity index (χ0v) is 24.1. The van der Waals surface area contributed by atoms with Crippen LogP contribution in [0.3, 0.4) is 0 Å². The van der Waals surface area contributed by atoms with Crippen LogP contribution in [0.5, 0.6) is 17.2 Å². The number of rotatable bonds is 9. The molecule has 1 N–H and O–H groups in total. The lowest BCUT2D eigenvalue weighted by atomic mass is 9.78. The fourth-order valence-electron chi connectivity index (χ4n) is 3.97. The Balaban J connectivity index is 1.66. The molecule has 3 aromatic rings. The van der Waals surface area contributed by atoms with Gasteiger partial charge in [0.15, 0.2) is 5.60 Å². The minimum absolute atomic E-state index is 0.238. The highest BCUT2D eigenvalue weighted by Gasteiger charge is 2.31. The molecule has 0 unspecified atom stereocenters. The van der Waals surface area contributed by atoms with Crippen LogP contribution in [0, 0.1) is 0 Å². The van der Waals surface area contributed by atoms with Gasteiger partial charge in [-0.25, -0.2) is 9.78 Å². The third-order valence-corrected chi connectivity index (χ3v) is 6.12. The first-order valence-corrected chi connectivity index (χ1v) is 13.0. The number of oxazole rings is 1. The maximum atomic E-state index is 12.0. The molecule has 1 aromatic heterocycles. The second-order valence-electron chi connectivity index (χ2n) is 12.0. The van der Waals surface area contributed by atoms with E-state index in [0.29, 0.717) is 42.8 Å². The number of aromatic nitrogens is 1. The molecule has 3 rings (SSSR count). The number of ether oxygens (including phenoxy) is 3. The smallest absolute Gasteiger partial charge is 0.349 e. The molecule has 0 bridgehead atoms. The highest BCUT2D eigenvalue weighted by atomic mass is 16.6. The van der Waals surface area contributed by atoms with Crippen LogP contribution in [0.1, 0.15) is 79.1 Å². The van der Waals surface area contributed by atoms with Gasteiger partial charge in [-0.3, -0.25) is 0 Å². The quantitative estimate of drug-likeness (QED) is 0.302. The molecule has 0 amide bonds. The molecule has 0 saturated carbocycles. The van der Waals surface area contributed by atoms with Crippen LogP contribution >= 0.6 is 0 Å². The molecule has 0 radical (unpaired) electrons. The van der Waals surface area contributed by atoms with Crippen molar-refractivity contribution in [3.63, 3.8) is 0 Å². The summed E-state index contributed by atoms with van der Waals surface area (Å²) >= 11 is 0. The Morgan fingerprint density at radius 3 is 2.00 bits per heavy atom. The lowest BCUT2D eigenvalue weighted by Crippen LogP contribution is -2.39. The number of phenolic OH excluding ortho intramolecular Hbond substituents is 1. The molecule has 0 aliphatic rings. The van der Waals surface area contributed by atoms with E-state index >= 15 is 0 Å². The first-order chi connectivity index (χ1) is 17.6. The fraction of sp³-hybridized carbons (Fsp3) is 0.484. The molecule has 0 spiro atoms. The average Bonchev–Trinajstić information content (AvgIpc) is 3.27. The lowest BCUT2D eigenvalue weighted by molar-refractivity contribution is -0.158. The van der Waals surface area contributed by atoms with Gasteiger partial charge in [0.25, 0.3) is 0 Å². The number of carbonyl (C=O) groups is 1. The van der Waals surface area contributed by atoms with E-state index < -0.39 is 11.6 Å². The van der Waals surface area contributed by atoms with E-state index in [-0.39, 0.29) is 10.8 Å². The third-order valence-electron chi connectivity index (χ3n) is 6.12. The standard InChI is InChI=1S/C31H41NO6/c1-10-35-28(34)31(8,9)38-23-13-11-22(12-14-23)36-16-15-21-19-37-27(32-21)20-17-24(29(2,3)4)26(33)25(18-20)30(5,6)7/h11-14,17-19,33H,10,15-16H2,1-9H3. The van der Waals surface area contributed by atoms with Gasteiger partial charge >= 0.3 is 5.97 Å². The van der Waals surface area contributed by atoms with Crippen molar-refractivity contribution < 1.29 is 28.5 Å². The van der Waals surface area contributed by atoms with Gasteiger partial charge in [0, 0.05) is 23.1 Å². The summed E-state index contributed by atoms with van der Waals surface area (Å²) in [5, 5.41) is 11.0. The summed E-state index contributed by atoms with van der Waals surface area (Å²) in [6.45, 7) is 18.3. The Morgan fingerprint density at radius 1 is 0.921 bits per heavy atom. The molecular formula is C31H41NO6. The molecule has 2 aromatic carbocycles. The number of aromatic hydroxyl groups is 1. The Morgan fingerprint density at radius 2 is 1.47 bits per heavy atom. The highest BCUT2D eigenvalue weighted by molar-refractivity contribution is 5.79. The van der Waals surface area contributed by atoms with Crippen LogP contribution < -0.4 is 9.47 Å². The van der Waals surface area contributed by atoms with Crippen LogP contribution in [-0.2, 0) is 26.8 Å². The molecule has 1 heterocycles. The van der Waals surface area contributed by atoms with Gasteiger partial charge in [-0.15, -0.1) is 0 Å². The van der Waals surface area contributed by atoms with Crippen LogP contribution in [0.15, 0.2) is 47.1 Å². The first-order valence-electron chi connectivity index (χ1n) is 13.0. The summed E-state index contributed by atoms with van der Waals surface area (Å²) in [6.07, 6.45) is 2.21. The summed E-state index contributed by atoms with van der Waals surface area (Å²) in [6, 6.07) is 11.0. The maximum absolute atomic E-state index is 12.0. The normalized spacial score (nSPS) is 12.3. The Bertz CT molecular complexity index is 1210. The van der Waals surface area contributed by atoms with Gasteiger partial charge in [-0.1, -0.05) is 41.5 Å². The molecule has 0 aliphatic heterocycles. The SMILES string of the molecule is CCOC(=O)C(C)(C)Oc1ccc(OCCc2coc(-c3cc(C(C)(C)C)c(O)c(C(C)(C)C)c3)n2)cc1. The van der Waals surface area contributed by atoms with E-state index in [9.17, 15) is 9.90 Å². The van der Waals surface area contributed by atoms with E-state index in [1.54, 1.807) is 51.3 Å². The number of hydrogen-bond acceptors (Lipinski definition) is 7. The summed E-state index contributed by atoms with van der Waals surface area (Å²) < 4.78 is 22.6. The molecular weight excluding hydrogens is 482 g/mol. The van der Waals surface area contributed by atoms with Crippen LogP contribution in [0.4, 0.5) is 0 Å². The van der Waals surface area contributed by atoms with Crippen molar-refractivity contribution >= 4 is 5.97 Å². The number of carbonyl (C=O) groups excluding carboxylic acids is 1. The molecule has 0 aliphatic carbocycles. The van der Waals surface area contributed by atoms with Crippen molar-refractivity contribution in [1.29, 1.82) is 0 Å². The van der Waals surface area contributed by atoms with Gasteiger partial charge in [0.2, 0.25) is 5.89 Å². The Labute approximate surface area is 226 Å². The maximum Gasteiger partial charge on any atom is 0.349 e. The van der Waals surface area contributed by atoms with Crippen LogP contribution in [0.25, 0.3) is 11.5 Å². The Kier molecular flexibility index (Phi) is 8.49. The van der Waals surface area contributed by atoms with Crippen molar-refractivity contribution in [2.75, 3.05) is 13.2 Å². The zero-order valence-electron chi connectivity index (χ0n) is 24.1. The van der Waals surface area contributed by atoms with Gasteiger partial charge in [0.1, 0.15) is 23.5 Å². The van der Waals surface area contributed by atoms with E-state index in [0.717, 1.165) is 22.4 Å². The molecule has 0 atom stereocenters. The van der Waals surface area contributed by atoms with E-state index in [2.05, 4.69) is 46.5 Å². The van der Waals surface area contributed by atoms with E-state index in [1.807, 2.05) is 12.1 Å². The van der Waals surface area contributed by atoms with Crippen LogP contribution in [0.2, 0.25) is 0 Å². The summed E-state index contributed by atoms with van der Waals surface area (Å²) in [7, 11) is 0. The molecule has 38 heavy (non-hydrogen) atoms. The molecule has 0 fully saturated rings. The highest BCUT2D eigenvalue weighted by Crippen LogP contribution is 2.41. The van der Waals surface area contributed by atoms with Crippen molar-refractivity contribution in [3.05, 3.63) is 59.5 Å². The van der Waals surface area contributed by atoms with Crippen molar-refractivity contribution in [2.45, 2.75) is 85.2 Å². The number of hydrogen-bond donors (Lipinski definition) is 1. The van der Waals surface area contributed by atoms with E-state index in [4.69, 9.17) is 18.6 Å². The Hall–Kier alpha value is -3.48. The second kappa shape index (κ2) is 11.1. The molecule has 7 heteroatoms. The minimum atomic E-state index is -1.08. The summed E-state index contributed by atoms with van der Waals surface area (Å²) in [4.78, 5) is 16.7. The summed E-state index contributed by atoms with van der Waals surface area (Å²) in [5.74, 6) is 1.66. The monoisotopic (exact) mass is 523 g/mol. The number of esters is 1. The predicted molar refractivity (Wildman–Crippen MR) is 148 cm³/mol. The molecule has 0 saturated heterocycles. The van der Waals surface area contributed by atoms with E-state index in [1.165, 1.54) is 0 Å². The largest absolute Gasteiger partial charge is 0.507 e. The zero-order chi connectivity index (χ0) is 28.3. The molecule has 206 valence electrons. The third kappa shape index (κ3) is 7.09. The molecule has 7 nitrogen and oxygen atoms in total.